The summed E-state index contributed by atoms with van der Waals surface area (Å²) >= 11 is 11.9. The monoisotopic (exact) mass is 271 g/mol. The van der Waals surface area contributed by atoms with E-state index in [0.29, 0.717) is 29.1 Å². The molecule has 0 N–H and O–H groups in total. The Morgan fingerprint density at radius 2 is 2.00 bits per heavy atom. The highest BCUT2D eigenvalue weighted by Gasteiger charge is 2.07. The second-order valence-electron chi connectivity index (χ2n) is 3.44. The van der Waals surface area contributed by atoms with E-state index >= 15 is 0 Å². The molecule has 1 aromatic heterocycles. The predicted molar refractivity (Wildman–Crippen MR) is 69.1 cm³/mol. The van der Waals surface area contributed by atoms with Crippen LogP contribution >= 0.6 is 23.2 Å². The third kappa shape index (κ3) is 2.80. The molecule has 0 amide bonds. The average Bonchev–Trinajstić information content (AvgIpc) is 2.33. The Bertz CT molecular complexity index is 531. The summed E-state index contributed by atoms with van der Waals surface area (Å²) in [4.78, 5) is 4.07. The molecule has 3 nitrogen and oxygen atoms in total. The van der Waals surface area contributed by atoms with Gasteiger partial charge in [-0.1, -0.05) is 23.2 Å². The fourth-order valence-electron chi connectivity index (χ4n) is 1.51. The molecule has 1 heterocycles. The lowest BCUT2D eigenvalue weighted by Crippen LogP contribution is -2.04. The maximum Gasteiger partial charge on any atom is 0.145 e. The van der Waals surface area contributed by atoms with E-state index in [1.54, 1.807) is 25.4 Å². The first-order chi connectivity index (χ1) is 8.22. The molecule has 0 bridgehead atoms. The molecule has 1 aromatic carbocycles. The molecule has 0 saturated carbocycles. The van der Waals surface area contributed by atoms with Gasteiger partial charge in [-0.05, 0) is 18.2 Å². The van der Waals surface area contributed by atoms with Gasteiger partial charge in [0.1, 0.15) is 17.5 Å². The molecule has 0 fully saturated rings. The molecule has 0 unspecified atom stereocenters. The van der Waals surface area contributed by atoms with Crippen molar-refractivity contribution in [1.29, 1.82) is 0 Å². The number of nitrogens with zero attached hydrogens (tertiary/aromatic N) is 1. The molecule has 17 heavy (non-hydrogen) atoms. The van der Waals surface area contributed by atoms with Crippen molar-refractivity contribution in [1.82, 2.24) is 4.98 Å². The molecule has 0 saturated heterocycles. The fraction of sp³-hybridized carbons (Fsp3) is 0.250. The van der Waals surface area contributed by atoms with E-state index in [9.17, 15) is 0 Å². The third-order valence-corrected chi connectivity index (χ3v) is 2.85. The van der Waals surface area contributed by atoms with Crippen molar-refractivity contribution >= 4 is 34.0 Å². The first-order valence-corrected chi connectivity index (χ1v) is 5.83. The molecule has 0 aliphatic carbocycles. The van der Waals surface area contributed by atoms with E-state index in [-0.39, 0.29) is 0 Å². The lowest BCUT2D eigenvalue weighted by Gasteiger charge is -2.09. The average molecular weight is 272 g/mol. The minimum Gasteiger partial charge on any atom is -0.489 e. The van der Waals surface area contributed by atoms with Crippen LogP contribution in [0.25, 0.3) is 10.8 Å². The minimum atomic E-state index is 0.418. The van der Waals surface area contributed by atoms with Gasteiger partial charge in [0, 0.05) is 22.9 Å². The number of methoxy groups -OCH3 is 1. The number of halogens is 2. The van der Waals surface area contributed by atoms with Gasteiger partial charge < -0.3 is 9.47 Å². The first-order valence-electron chi connectivity index (χ1n) is 5.08. The van der Waals surface area contributed by atoms with Crippen molar-refractivity contribution in [2.75, 3.05) is 20.3 Å². The van der Waals surface area contributed by atoms with E-state index in [1.165, 1.54) is 0 Å². The van der Waals surface area contributed by atoms with Crippen LogP contribution in [0.4, 0.5) is 0 Å². The van der Waals surface area contributed by atoms with Gasteiger partial charge in [0.25, 0.3) is 0 Å². The number of benzene rings is 1. The Balaban J connectivity index is 2.40. The van der Waals surface area contributed by atoms with Gasteiger partial charge >= 0.3 is 0 Å². The highest BCUT2D eigenvalue weighted by molar-refractivity contribution is 6.36. The summed E-state index contributed by atoms with van der Waals surface area (Å²) in [5.41, 5.74) is 0. The van der Waals surface area contributed by atoms with E-state index in [4.69, 9.17) is 32.7 Å². The van der Waals surface area contributed by atoms with Gasteiger partial charge in [0.15, 0.2) is 0 Å². The Labute approximate surface area is 109 Å². The number of rotatable bonds is 4. The molecule has 5 heteroatoms. The lowest BCUT2D eigenvalue weighted by molar-refractivity contribution is 0.147. The molecule has 0 spiro atoms. The third-order valence-electron chi connectivity index (χ3n) is 2.31. The van der Waals surface area contributed by atoms with Crippen LogP contribution in [0.3, 0.4) is 0 Å². The fourth-order valence-corrected chi connectivity index (χ4v) is 1.88. The van der Waals surface area contributed by atoms with E-state index in [1.807, 2.05) is 6.07 Å². The highest BCUT2D eigenvalue weighted by Crippen LogP contribution is 2.31. The number of fused-ring (bicyclic) bond motifs is 1. The summed E-state index contributed by atoms with van der Waals surface area (Å²) in [7, 11) is 1.63. The van der Waals surface area contributed by atoms with Crippen LogP contribution in [0.15, 0.2) is 24.4 Å². The van der Waals surface area contributed by atoms with Crippen LogP contribution in [-0.4, -0.2) is 25.3 Å². The SMILES string of the molecule is COCCOc1cnc(Cl)c2cc(Cl)ccc12. The van der Waals surface area contributed by atoms with Crippen molar-refractivity contribution in [3.05, 3.63) is 34.6 Å². The summed E-state index contributed by atoms with van der Waals surface area (Å²) in [5.74, 6) is 0.679. The zero-order valence-electron chi connectivity index (χ0n) is 9.24. The normalized spacial score (nSPS) is 10.8. The Kier molecular flexibility index (Phi) is 4.05. The molecular weight excluding hydrogens is 261 g/mol. The lowest BCUT2D eigenvalue weighted by atomic mass is 10.1. The van der Waals surface area contributed by atoms with Gasteiger partial charge in [-0.15, -0.1) is 0 Å². The maximum absolute atomic E-state index is 6.01. The Morgan fingerprint density at radius 1 is 1.18 bits per heavy atom. The molecule has 0 aliphatic heterocycles. The second kappa shape index (κ2) is 5.54. The Hall–Kier alpha value is -1.03. The summed E-state index contributed by atoms with van der Waals surface area (Å²) < 4.78 is 10.5. The maximum atomic E-state index is 6.01. The number of hydrogen-bond donors (Lipinski definition) is 0. The van der Waals surface area contributed by atoms with Crippen LogP contribution in [0.5, 0.6) is 5.75 Å². The standard InChI is InChI=1S/C12H11Cl2NO2/c1-16-4-5-17-11-7-15-12(14)10-6-8(13)2-3-9(10)11/h2-3,6-7H,4-5H2,1H3. The Morgan fingerprint density at radius 3 is 2.76 bits per heavy atom. The van der Waals surface area contributed by atoms with Gasteiger partial charge in [-0.2, -0.15) is 0 Å². The van der Waals surface area contributed by atoms with Crippen LogP contribution in [0, 0.1) is 0 Å². The minimum absolute atomic E-state index is 0.418. The number of pyridine rings is 1. The number of aromatic nitrogens is 1. The van der Waals surface area contributed by atoms with Crippen molar-refractivity contribution in [3.8, 4) is 5.75 Å². The largest absolute Gasteiger partial charge is 0.489 e. The summed E-state index contributed by atoms with van der Waals surface area (Å²) in [6, 6.07) is 5.44. The van der Waals surface area contributed by atoms with Crippen molar-refractivity contribution in [2.24, 2.45) is 0 Å². The summed E-state index contributed by atoms with van der Waals surface area (Å²) in [6.45, 7) is 0.995. The molecule has 0 aliphatic rings. The van der Waals surface area contributed by atoms with Crippen molar-refractivity contribution in [2.45, 2.75) is 0 Å². The number of hydrogen-bond acceptors (Lipinski definition) is 3. The van der Waals surface area contributed by atoms with Crippen LogP contribution in [0.1, 0.15) is 0 Å². The molecule has 0 radical (unpaired) electrons. The van der Waals surface area contributed by atoms with E-state index in [2.05, 4.69) is 4.98 Å². The summed E-state index contributed by atoms with van der Waals surface area (Å²) in [5, 5.41) is 2.72. The summed E-state index contributed by atoms with van der Waals surface area (Å²) in [6.07, 6.45) is 1.61. The first kappa shape index (κ1) is 12.4. The quantitative estimate of drug-likeness (QED) is 0.629. The molecule has 2 aromatic rings. The molecule has 0 atom stereocenters. The van der Waals surface area contributed by atoms with Gasteiger partial charge in [0.2, 0.25) is 0 Å². The second-order valence-corrected chi connectivity index (χ2v) is 4.24. The smallest absolute Gasteiger partial charge is 0.145 e. The highest BCUT2D eigenvalue weighted by atomic mass is 35.5. The van der Waals surface area contributed by atoms with Gasteiger partial charge in [-0.25, -0.2) is 4.98 Å². The van der Waals surface area contributed by atoms with E-state index < -0.39 is 0 Å². The zero-order chi connectivity index (χ0) is 12.3. The molecule has 90 valence electrons. The zero-order valence-corrected chi connectivity index (χ0v) is 10.8. The number of ether oxygens (including phenoxy) is 2. The van der Waals surface area contributed by atoms with Crippen LogP contribution < -0.4 is 4.74 Å². The van der Waals surface area contributed by atoms with E-state index in [0.717, 1.165) is 10.8 Å². The van der Waals surface area contributed by atoms with Crippen molar-refractivity contribution in [3.63, 3.8) is 0 Å². The van der Waals surface area contributed by atoms with Crippen LogP contribution in [-0.2, 0) is 4.74 Å². The molecular formula is C12H11Cl2NO2. The van der Waals surface area contributed by atoms with Gasteiger partial charge in [0.05, 0.1) is 12.8 Å². The predicted octanol–water partition coefficient (Wildman–Crippen LogP) is 3.57. The van der Waals surface area contributed by atoms with Gasteiger partial charge in [-0.3, -0.25) is 0 Å². The topological polar surface area (TPSA) is 31.4 Å². The molecule has 2 rings (SSSR count). The van der Waals surface area contributed by atoms with Crippen LogP contribution in [0.2, 0.25) is 10.2 Å². The van der Waals surface area contributed by atoms with Crippen molar-refractivity contribution < 1.29 is 9.47 Å².